The van der Waals surface area contributed by atoms with Crippen LogP contribution in [-0.2, 0) is 19.9 Å². The molecule has 0 saturated carbocycles. The topological polar surface area (TPSA) is 38.8 Å². The van der Waals surface area contributed by atoms with E-state index in [2.05, 4.69) is 0 Å². The molecule has 2 rings (SSSR count). The monoisotopic (exact) mass is 220 g/mol. The number of carbonyl (C=O) groups excluding carboxylic acids is 1. The van der Waals surface area contributed by atoms with Crippen molar-refractivity contribution >= 4 is 5.97 Å². The zero-order valence-electron chi connectivity index (χ0n) is 9.60. The summed E-state index contributed by atoms with van der Waals surface area (Å²) in [5.41, 5.74) is 0.601. The molecule has 1 aliphatic heterocycles. The molecule has 0 unspecified atom stereocenters. The highest BCUT2D eigenvalue weighted by atomic mass is 16.7. The molecule has 1 aromatic rings. The third-order valence-corrected chi connectivity index (χ3v) is 2.98. The summed E-state index contributed by atoms with van der Waals surface area (Å²) in [6.45, 7) is 4.22. The summed E-state index contributed by atoms with van der Waals surface area (Å²) in [4.78, 5) is 11.6. The average Bonchev–Trinajstić information content (AvgIpc) is 3.07. The highest BCUT2D eigenvalue weighted by Gasteiger charge is 2.61. The quantitative estimate of drug-likeness (QED) is 0.577. The van der Waals surface area contributed by atoms with Crippen molar-refractivity contribution in [2.24, 2.45) is 0 Å². The van der Waals surface area contributed by atoms with Crippen molar-refractivity contribution in [2.75, 3.05) is 6.61 Å². The van der Waals surface area contributed by atoms with Crippen molar-refractivity contribution in [1.29, 1.82) is 0 Å². The maximum atomic E-state index is 11.6. The van der Waals surface area contributed by atoms with Gasteiger partial charge < -0.3 is 9.47 Å². The molecule has 3 nitrogen and oxygen atoms in total. The van der Waals surface area contributed by atoms with Gasteiger partial charge in [-0.25, -0.2) is 4.79 Å². The zero-order valence-corrected chi connectivity index (χ0v) is 9.60. The summed E-state index contributed by atoms with van der Waals surface area (Å²) in [6.07, 6.45) is 0.348. The largest absolute Gasteiger partial charge is 0.464 e. The zero-order chi connectivity index (χ0) is 11.6. The van der Waals surface area contributed by atoms with Gasteiger partial charge in [0, 0.05) is 0 Å². The Morgan fingerprint density at radius 3 is 2.62 bits per heavy atom. The van der Waals surface area contributed by atoms with E-state index in [1.807, 2.05) is 37.3 Å². The fourth-order valence-electron chi connectivity index (χ4n) is 2.05. The highest BCUT2D eigenvalue weighted by Crippen LogP contribution is 2.49. The van der Waals surface area contributed by atoms with Gasteiger partial charge in [0.1, 0.15) is 5.60 Å². The second-order valence-corrected chi connectivity index (χ2v) is 3.86. The van der Waals surface area contributed by atoms with Gasteiger partial charge in [0.15, 0.2) is 6.10 Å². The molecule has 0 aliphatic carbocycles. The predicted molar refractivity (Wildman–Crippen MR) is 59.9 cm³/mol. The molecule has 2 atom stereocenters. The van der Waals surface area contributed by atoms with Gasteiger partial charge in [0.05, 0.1) is 6.61 Å². The van der Waals surface area contributed by atoms with Crippen LogP contribution in [0.5, 0.6) is 0 Å². The molecular formula is C13H16O3. The van der Waals surface area contributed by atoms with Crippen molar-refractivity contribution in [3.63, 3.8) is 0 Å². The Bertz CT molecular complexity index is 374. The molecule has 0 amide bonds. The molecule has 0 radical (unpaired) electrons. The third kappa shape index (κ3) is 1.71. The van der Waals surface area contributed by atoms with E-state index in [4.69, 9.17) is 9.47 Å². The summed E-state index contributed by atoms with van der Waals surface area (Å²) < 4.78 is 10.6. The van der Waals surface area contributed by atoms with Crippen molar-refractivity contribution < 1.29 is 14.3 Å². The van der Waals surface area contributed by atoms with Crippen molar-refractivity contribution in [3.8, 4) is 0 Å². The van der Waals surface area contributed by atoms with Gasteiger partial charge >= 0.3 is 5.97 Å². The summed E-state index contributed by atoms with van der Waals surface area (Å²) in [5, 5.41) is 0. The molecule has 0 N–H and O–H groups in total. The predicted octanol–water partition coefficient (Wildman–Crippen LogP) is 2.25. The van der Waals surface area contributed by atoms with E-state index < -0.39 is 11.7 Å². The Morgan fingerprint density at radius 2 is 2.06 bits per heavy atom. The maximum Gasteiger partial charge on any atom is 0.338 e. The number of carbonyl (C=O) groups is 1. The lowest BCUT2D eigenvalue weighted by Gasteiger charge is -2.09. The fourth-order valence-corrected chi connectivity index (χ4v) is 2.05. The molecule has 1 heterocycles. The minimum absolute atomic E-state index is 0.256. The summed E-state index contributed by atoms with van der Waals surface area (Å²) in [7, 11) is 0. The normalized spacial score (nSPS) is 27.5. The van der Waals surface area contributed by atoms with Gasteiger partial charge in [-0.2, -0.15) is 0 Å². The molecule has 86 valence electrons. The number of benzene rings is 1. The van der Waals surface area contributed by atoms with Crippen LogP contribution >= 0.6 is 0 Å². The molecule has 1 aromatic carbocycles. The lowest BCUT2D eigenvalue weighted by atomic mass is 9.93. The molecule has 1 saturated heterocycles. The summed E-state index contributed by atoms with van der Waals surface area (Å²) in [5.74, 6) is -0.256. The first-order valence-corrected chi connectivity index (χ1v) is 5.64. The molecule has 16 heavy (non-hydrogen) atoms. The van der Waals surface area contributed by atoms with Gasteiger partial charge in [-0.3, -0.25) is 0 Å². The highest BCUT2D eigenvalue weighted by molar-refractivity contribution is 5.80. The Labute approximate surface area is 95.4 Å². The van der Waals surface area contributed by atoms with E-state index in [1.54, 1.807) is 6.92 Å². The third-order valence-electron chi connectivity index (χ3n) is 2.98. The van der Waals surface area contributed by atoms with Gasteiger partial charge in [0.25, 0.3) is 0 Å². The molecular weight excluding hydrogens is 204 g/mol. The Hall–Kier alpha value is -1.35. The maximum absolute atomic E-state index is 11.6. The molecule has 0 aromatic heterocycles. The van der Waals surface area contributed by atoms with E-state index in [0.29, 0.717) is 6.61 Å². The molecule has 0 bridgehead atoms. The lowest BCUT2D eigenvalue weighted by molar-refractivity contribution is -0.144. The summed E-state index contributed by atoms with van der Waals surface area (Å²) >= 11 is 0. The van der Waals surface area contributed by atoms with Gasteiger partial charge in [-0.05, 0) is 18.9 Å². The Kier molecular flexibility index (Phi) is 2.97. The van der Waals surface area contributed by atoms with E-state index >= 15 is 0 Å². The van der Waals surface area contributed by atoms with Crippen molar-refractivity contribution in [1.82, 2.24) is 0 Å². The van der Waals surface area contributed by atoms with E-state index in [1.165, 1.54) is 0 Å². The van der Waals surface area contributed by atoms with Crippen LogP contribution in [-0.4, -0.2) is 18.7 Å². The number of hydrogen-bond acceptors (Lipinski definition) is 3. The first kappa shape index (κ1) is 11.1. The van der Waals surface area contributed by atoms with Crippen LogP contribution in [0.2, 0.25) is 0 Å². The van der Waals surface area contributed by atoms with Crippen LogP contribution in [0.4, 0.5) is 0 Å². The van der Waals surface area contributed by atoms with E-state index in [0.717, 1.165) is 12.0 Å². The molecule has 1 aliphatic rings. The number of esters is 1. The Morgan fingerprint density at radius 1 is 1.38 bits per heavy atom. The van der Waals surface area contributed by atoms with Crippen LogP contribution in [0.3, 0.4) is 0 Å². The smallest absolute Gasteiger partial charge is 0.338 e. The van der Waals surface area contributed by atoms with Crippen molar-refractivity contribution in [3.05, 3.63) is 35.9 Å². The van der Waals surface area contributed by atoms with Crippen LogP contribution < -0.4 is 0 Å². The average molecular weight is 220 g/mol. The standard InChI is InChI=1S/C13H16O3/c1-3-13(10-8-6-5-7-9-10)11(16-13)12(14)15-4-2/h5-9,11H,3-4H2,1-2H3/t11-,13-/m0/s1. The first-order valence-electron chi connectivity index (χ1n) is 5.64. The van der Waals surface area contributed by atoms with Gasteiger partial charge in [0.2, 0.25) is 0 Å². The Balaban J connectivity index is 2.17. The minimum Gasteiger partial charge on any atom is -0.464 e. The number of ether oxygens (including phenoxy) is 2. The number of epoxide rings is 1. The number of hydrogen-bond donors (Lipinski definition) is 0. The van der Waals surface area contributed by atoms with Crippen LogP contribution in [0.1, 0.15) is 25.8 Å². The molecule has 1 fully saturated rings. The molecule has 3 heteroatoms. The van der Waals surface area contributed by atoms with Gasteiger partial charge in [-0.1, -0.05) is 37.3 Å². The SMILES string of the molecule is CCOC(=O)[C@@H]1O[C@@]1(CC)c1ccccc1. The first-order chi connectivity index (χ1) is 7.74. The van der Waals surface area contributed by atoms with Crippen LogP contribution in [0.25, 0.3) is 0 Å². The van der Waals surface area contributed by atoms with E-state index in [9.17, 15) is 4.79 Å². The second-order valence-electron chi connectivity index (χ2n) is 3.86. The second kappa shape index (κ2) is 4.26. The molecule has 0 spiro atoms. The van der Waals surface area contributed by atoms with Gasteiger partial charge in [-0.15, -0.1) is 0 Å². The fraction of sp³-hybridized carbons (Fsp3) is 0.462. The van der Waals surface area contributed by atoms with Crippen LogP contribution in [0.15, 0.2) is 30.3 Å². The minimum atomic E-state index is -0.451. The van der Waals surface area contributed by atoms with E-state index in [-0.39, 0.29) is 5.97 Å². The lowest BCUT2D eigenvalue weighted by Crippen LogP contribution is -2.20. The number of rotatable bonds is 4. The summed E-state index contributed by atoms with van der Waals surface area (Å²) in [6, 6.07) is 9.84. The van der Waals surface area contributed by atoms with Crippen molar-refractivity contribution in [2.45, 2.75) is 32.0 Å². The van der Waals surface area contributed by atoms with Crippen LogP contribution in [0, 0.1) is 0 Å².